The number of nitro benzene ring substituents is 1. The summed E-state index contributed by atoms with van der Waals surface area (Å²) in [5, 5.41) is 19.8. The van der Waals surface area contributed by atoms with Crippen molar-refractivity contribution in [1.82, 2.24) is 0 Å². The van der Waals surface area contributed by atoms with E-state index in [1.165, 1.54) is 18.2 Å². The highest BCUT2D eigenvalue weighted by Crippen LogP contribution is 2.27. The number of nitro groups is 1. The lowest BCUT2D eigenvalue weighted by Crippen LogP contribution is -2.32. The van der Waals surface area contributed by atoms with E-state index in [4.69, 9.17) is 10.00 Å². The third-order valence-corrected chi connectivity index (χ3v) is 5.30. The van der Waals surface area contributed by atoms with Gasteiger partial charge in [-0.05, 0) is 37.3 Å². The van der Waals surface area contributed by atoms with E-state index < -0.39 is 14.9 Å². The van der Waals surface area contributed by atoms with Crippen molar-refractivity contribution in [3.05, 3.63) is 58.6 Å². The summed E-state index contributed by atoms with van der Waals surface area (Å²) >= 11 is 0. The summed E-state index contributed by atoms with van der Waals surface area (Å²) < 4.78 is 32.4. The van der Waals surface area contributed by atoms with Crippen molar-refractivity contribution >= 4 is 21.4 Å². The monoisotopic (exact) mass is 375 g/mol. The van der Waals surface area contributed by atoms with Crippen molar-refractivity contribution in [2.24, 2.45) is 0 Å². The summed E-state index contributed by atoms with van der Waals surface area (Å²) in [6.45, 7) is 2.24. The molecule has 8 nitrogen and oxygen atoms in total. The molecule has 0 heterocycles. The number of rotatable bonds is 8. The third-order valence-electron chi connectivity index (χ3n) is 3.48. The Morgan fingerprint density at radius 2 is 1.92 bits per heavy atom. The van der Waals surface area contributed by atoms with Crippen LogP contribution >= 0.6 is 0 Å². The van der Waals surface area contributed by atoms with E-state index in [9.17, 15) is 18.5 Å². The van der Waals surface area contributed by atoms with Crippen LogP contribution in [0.15, 0.2) is 53.4 Å². The first-order valence-electron chi connectivity index (χ1n) is 7.77. The molecule has 2 aromatic rings. The largest absolute Gasteiger partial charge is 0.494 e. The van der Waals surface area contributed by atoms with Gasteiger partial charge >= 0.3 is 0 Å². The number of nitriles is 1. The standard InChI is InChI=1S/C17H17N3O5S/c1-2-25-16-9-7-14(8-10-16)19(12-4-11-18)26(23,24)17-6-3-5-15(13-17)20(21)22/h3,5-10,13H,2,4,12H2,1H3. The first-order valence-corrected chi connectivity index (χ1v) is 9.21. The fourth-order valence-corrected chi connectivity index (χ4v) is 3.81. The quantitative estimate of drug-likeness (QED) is 0.517. The third kappa shape index (κ3) is 4.29. The second-order valence-corrected chi connectivity index (χ2v) is 7.03. The molecule has 0 aliphatic rings. The minimum atomic E-state index is -4.07. The van der Waals surface area contributed by atoms with E-state index in [1.807, 2.05) is 13.0 Å². The van der Waals surface area contributed by atoms with Gasteiger partial charge in [-0.25, -0.2) is 8.42 Å². The highest BCUT2D eigenvalue weighted by Gasteiger charge is 2.26. The number of hydrogen-bond donors (Lipinski definition) is 0. The smallest absolute Gasteiger partial charge is 0.270 e. The zero-order valence-corrected chi connectivity index (χ0v) is 14.8. The average molecular weight is 375 g/mol. The zero-order chi connectivity index (χ0) is 19.2. The maximum Gasteiger partial charge on any atom is 0.270 e. The first-order chi connectivity index (χ1) is 12.4. The Kier molecular flexibility index (Phi) is 6.14. The Balaban J connectivity index is 2.46. The van der Waals surface area contributed by atoms with Crippen molar-refractivity contribution in [3.8, 4) is 11.8 Å². The Bertz CT molecular complexity index is 920. The highest BCUT2D eigenvalue weighted by molar-refractivity contribution is 7.92. The van der Waals surface area contributed by atoms with Gasteiger partial charge in [0.05, 0.1) is 34.6 Å². The molecule has 136 valence electrons. The first kappa shape index (κ1) is 19.2. The molecule has 0 unspecified atom stereocenters. The number of ether oxygens (including phenoxy) is 1. The van der Waals surface area contributed by atoms with Gasteiger partial charge in [0.25, 0.3) is 15.7 Å². The van der Waals surface area contributed by atoms with E-state index in [0.717, 1.165) is 10.4 Å². The zero-order valence-electron chi connectivity index (χ0n) is 14.0. The minimum absolute atomic E-state index is 0.0264. The van der Waals surface area contributed by atoms with Crippen LogP contribution in [0.2, 0.25) is 0 Å². The van der Waals surface area contributed by atoms with Crippen LogP contribution in [0.5, 0.6) is 5.75 Å². The van der Waals surface area contributed by atoms with Gasteiger partial charge in [-0.1, -0.05) is 6.07 Å². The van der Waals surface area contributed by atoms with Crippen molar-refractivity contribution < 1.29 is 18.1 Å². The van der Waals surface area contributed by atoms with Gasteiger partial charge in [-0.3, -0.25) is 14.4 Å². The van der Waals surface area contributed by atoms with E-state index in [0.29, 0.717) is 18.0 Å². The van der Waals surface area contributed by atoms with Gasteiger partial charge in [0.1, 0.15) is 5.75 Å². The maximum absolute atomic E-state index is 13.0. The van der Waals surface area contributed by atoms with Gasteiger partial charge < -0.3 is 4.74 Å². The van der Waals surface area contributed by atoms with Crippen molar-refractivity contribution in [2.45, 2.75) is 18.2 Å². The molecule has 0 amide bonds. The summed E-state index contributed by atoms with van der Waals surface area (Å²) in [6, 6.07) is 13.1. The van der Waals surface area contributed by atoms with Gasteiger partial charge in [0.15, 0.2) is 0 Å². The molecule has 0 spiro atoms. The summed E-state index contributed by atoms with van der Waals surface area (Å²) in [4.78, 5) is 10.1. The fraction of sp³-hybridized carbons (Fsp3) is 0.235. The second kappa shape index (κ2) is 8.31. The number of benzene rings is 2. The highest BCUT2D eigenvalue weighted by atomic mass is 32.2. The van der Waals surface area contributed by atoms with Crippen molar-refractivity contribution in [2.75, 3.05) is 17.5 Å². The fourth-order valence-electron chi connectivity index (χ4n) is 2.30. The minimum Gasteiger partial charge on any atom is -0.494 e. The van der Waals surface area contributed by atoms with E-state index in [2.05, 4.69) is 0 Å². The van der Waals surface area contributed by atoms with Crippen molar-refractivity contribution in [3.63, 3.8) is 0 Å². The number of anilines is 1. The van der Waals surface area contributed by atoms with Crippen LogP contribution in [0, 0.1) is 21.4 Å². The van der Waals surface area contributed by atoms with E-state index >= 15 is 0 Å². The Morgan fingerprint density at radius 3 is 2.50 bits per heavy atom. The number of non-ortho nitro benzene ring substituents is 1. The lowest BCUT2D eigenvalue weighted by Gasteiger charge is -2.23. The molecule has 2 rings (SSSR count). The van der Waals surface area contributed by atoms with Crippen molar-refractivity contribution in [1.29, 1.82) is 5.26 Å². The second-order valence-electron chi connectivity index (χ2n) is 5.17. The summed E-state index contributed by atoms with van der Waals surface area (Å²) in [6.07, 6.45) is -0.0264. The maximum atomic E-state index is 13.0. The van der Waals surface area contributed by atoms with Crippen LogP contribution in [-0.2, 0) is 10.0 Å². The molecule has 9 heteroatoms. The SMILES string of the molecule is CCOc1ccc(N(CCC#N)S(=O)(=O)c2cccc([N+](=O)[O-])c2)cc1. The number of nitrogens with zero attached hydrogens (tertiary/aromatic N) is 3. The number of hydrogen-bond acceptors (Lipinski definition) is 6. The van der Waals surface area contributed by atoms with Gasteiger partial charge in [0.2, 0.25) is 0 Å². The average Bonchev–Trinajstić information content (AvgIpc) is 2.63. The molecule has 0 bridgehead atoms. The Morgan fingerprint density at radius 1 is 1.23 bits per heavy atom. The lowest BCUT2D eigenvalue weighted by molar-refractivity contribution is -0.385. The van der Waals surface area contributed by atoms with Crippen LogP contribution in [0.3, 0.4) is 0 Å². The summed E-state index contributed by atoms with van der Waals surface area (Å²) in [5.41, 5.74) is 0.0215. The molecule has 0 saturated carbocycles. The predicted molar refractivity (Wildman–Crippen MR) is 95.5 cm³/mol. The molecule has 0 aliphatic carbocycles. The molecule has 0 saturated heterocycles. The molecule has 2 aromatic carbocycles. The van der Waals surface area contributed by atoms with Gasteiger partial charge in [-0.2, -0.15) is 5.26 Å². The van der Waals surface area contributed by atoms with Crippen LogP contribution in [0.1, 0.15) is 13.3 Å². The Labute approximate surface area is 151 Å². The van der Waals surface area contributed by atoms with E-state index in [1.54, 1.807) is 24.3 Å². The number of sulfonamides is 1. The van der Waals surface area contributed by atoms with Crippen LogP contribution < -0.4 is 9.04 Å². The molecule has 0 N–H and O–H groups in total. The molecule has 0 fully saturated rings. The van der Waals surface area contributed by atoms with Crippen LogP contribution in [0.4, 0.5) is 11.4 Å². The van der Waals surface area contributed by atoms with Gasteiger partial charge in [0, 0.05) is 18.7 Å². The lowest BCUT2D eigenvalue weighted by atomic mass is 10.3. The van der Waals surface area contributed by atoms with Gasteiger partial charge in [-0.15, -0.1) is 0 Å². The summed E-state index contributed by atoms with van der Waals surface area (Å²) in [5.74, 6) is 0.587. The molecular weight excluding hydrogens is 358 g/mol. The topological polar surface area (TPSA) is 114 Å². The van der Waals surface area contributed by atoms with Crippen LogP contribution in [-0.4, -0.2) is 26.5 Å². The Hall–Kier alpha value is -3.12. The summed E-state index contributed by atoms with van der Waals surface area (Å²) in [7, 11) is -4.07. The predicted octanol–water partition coefficient (Wildman–Crippen LogP) is 3.10. The van der Waals surface area contributed by atoms with Crippen LogP contribution in [0.25, 0.3) is 0 Å². The normalized spacial score (nSPS) is 10.8. The molecule has 0 aromatic heterocycles. The molecule has 0 atom stereocenters. The molecule has 26 heavy (non-hydrogen) atoms. The molecular formula is C17H17N3O5S. The van der Waals surface area contributed by atoms with E-state index in [-0.39, 0.29) is 23.5 Å². The molecule has 0 radical (unpaired) electrons. The molecule has 0 aliphatic heterocycles.